The van der Waals surface area contributed by atoms with Crippen molar-refractivity contribution in [1.82, 2.24) is 9.97 Å². The number of rotatable bonds is 8. The summed E-state index contributed by atoms with van der Waals surface area (Å²) in [6.07, 6.45) is 5.56. The largest absolute Gasteiger partial charge is 0.477 e. The average Bonchev–Trinajstić information content (AvgIpc) is 2.38. The molecule has 5 heteroatoms. The van der Waals surface area contributed by atoms with Crippen LogP contribution >= 0.6 is 0 Å². The molecule has 0 radical (unpaired) electrons. The molecule has 0 aliphatic heterocycles. The number of allylic oxidation sites excluding steroid dienone is 1. The lowest BCUT2D eigenvalue weighted by atomic mass is 10.3. The number of hydrogen-bond acceptors (Lipinski definition) is 5. The van der Waals surface area contributed by atoms with Crippen LogP contribution < -0.4 is 16.0 Å². The van der Waals surface area contributed by atoms with Crippen LogP contribution in [0.1, 0.15) is 37.6 Å². The van der Waals surface area contributed by atoms with Gasteiger partial charge >= 0.3 is 0 Å². The Labute approximate surface area is 108 Å². The average molecular weight is 250 g/mol. The quantitative estimate of drug-likeness (QED) is 0.321. The van der Waals surface area contributed by atoms with Gasteiger partial charge in [-0.15, -0.1) is 6.58 Å². The van der Waals surface area contributed by atoms with E-state index in [1.807, 2.05) is 13.0 Å². The van der Waals surface area contributed by atoms with E-state index in [4.69, 9.17) is 10.6 Å². The monoisotopic (exact) mass is 250 g/mol. The van der Waals surface area contributed by atoms with Crippen LogP contribution in [-0.2, 0) is 6.42 Å². The van der Waals surface area contributed by atoms with Crippen molar-refractivity contribution in [1.29, 1.82) is 0 Å². The van der Waals surface area contributed by atoms with Gasteiger partial charge in [0.05, 0.1) is 12.2 Å². The van der Waals surface area contributed by atoms with E-state index in [0.29, 0.717) is 18.3 Å². The first-order valence-corrected chi connectivity index (χ1v) is 6.30. The van der Waals surface area contributed by atoms with E-state index in [1.54, 1.807) is 0 Å². The fraction of sp³-hybridized carbons (Fsp3) is 0.538. The second-order valence-electron chi connectivity index (χ2n) is 4.09. The highest BCUT2D eigenvalue weighted by Gasteiger charge is 2.10. The van der Waals surface area contributed by atoms with Gasteiger partial charge in [-0.1, -0.05) is 13.0 Å². The number of aryl methyl sites for hydroxylation is 1. The minimum atomic E-state index is 0.616. The summed E-state index contributed by atoms with van der Waals surface area (Å²) in [6.45, 7) is 8.29. The molecule has 0 saturated heterocycles. The number of ether oxygens (including phenoxy) is 1. The summed E-state index contributed by atoms with van der Waals surface area (Å²) in [5.41, 5.74) is 3.43. The van der Waals surface area contributed by atoms with Gasteiger partial charge in [0.1, 0.15) is 11.6 Å². The van der Waals surface area contributed by atoms with Crippen molar-refractivity contribution >= 4 is 5.82 Å². The number of nitrogens with two attached hydrogens (primary N) is 1. The van der Waals surface area contributed by atoms with E-state index >= 15 is 0 Å². The molecule has 0 atom stereocenters. The summed E-state index contributed by atoms with van der Waals surface area (Å²) in [7, 11) is 0. The molecule has 1 heterocycles. The van der Waals surface area contributed by atoms with E-state index in [9.17, 15) is 0 Å². The molecule has 1 aromatic rings. The molecule has 0 aliphatic rings. The number of hydrogen-bond donors (Lipinski definition) is 2. The summed E-state index contributed by atoms with van der Waals surface area (Å²) in [5, 5.41) is 0. The predicted octanol–water partition coefficient (Wildman–Crippen LogP) is 2.37. The molecular formula is C13H22N4O. The van der Waals surface area contributed by atoms with Crippen molar-refractivity contribution in [3.05, 3.63) is 24.0 Å². The molecule has 0 fully saturated rings. The molecule has 100 valence electrons. The molecule has 0 aromatic carbocycles. The lowest BCUT2D eigenvalue weighted by Gasteiger charge is -2.12. The Hall–Kier alpha value is -1.62. The Morgan fingerprint density at radius 3 is 2.83 bits per heavy atom. The topological polar surface area (TPSA) is 73.1 Å². The second kappa shape index (κ2) is 7.66. The first-order valence-electron chi connectivity index (χ1n) is 6.30. The Kier molecular flexibility index (Phi) is 6.14. The van der Waals surface area contributed by atoms with Gasteiger partial charge in [-0.2, -0.15) is 4.98 Å². The molecule has 0 amide bonds. The second-order valence-corrected chi connectivity index (χ2v) is 4.09. The van der Waals surface area contributed by atoms with Crippen LogP contribution in [-0.4, -0.2) is 16.6 Å². The van der Waals surface area contributed by atoms with Gasteiger partial charge < -0.3 is 10.2 Å². The summed E-state index contributed by atoms with van der Waals surface area (Å²) in [6, 6.07) is 0. The van der Waals surface area contributed by atoms with Crippen molar-refractivity contribution in [2.75, 3.05) is 12.0 Å². The molecule has 1 aromatic heterocycles. The van der Waals surface area contributed by atoms with Crippen LogP contribution in [0.15, 0.2) is 12.7 Å². The zero-order chi connectivity index (χ0) is 13.4. The first kappa shape index (κ1) is 14.4. The van der Waals surface area contributed by atoms with Crippen LogP contribution in [0.3, 0.4) is 0 Å². The van der Waals surface area contributed by atoms with Gasteiger partial charge in [-0.05, 0) is 26.2 Å². The summed E-state index contributed by atoms with van der Waals surface area (Å²) < 4.78 is 5.67. The fourth-order valence-electron chi connectivity index (χ4n) is 1.55. The molecule has 0 saturated carbocycles. The standard InChI is InChI=1S/C13H22N4O/c1-4-6-7-9-18-13-10(3)12(17-14)15-11(16-13)8-5-2/h4H,1,5-9,14H2,2-3H3,(H,15,16,17). The lowest BCUT2D eigenvalue weighted by molar-refractivity contribution is 0.296. The number of hydrazine groups is 1. The molecule has 1 rings (SSSR count). The third-order valence-corrected chi connectivity index (χ3v) is 2.55. The van der Waals surface area contributed by atoms with Crippen LogP contribution in [0.2, 0.25) is 0 Å². The highest BCUT2D eigenvalue weighted by Crippen LogP contribution is 2.22. The van der Waals surface area contributed by atoms with Gasteiger partial charge in [-0.25, -0.2) is 10.8 Å². The number of nitrogens with one attached hydrogen (secondary N) is 1. The van der Waals surface area contributed by atoms with E-state index in [2.05, 4.69) is 28.9 Å². The third kappa shape index (κ3) is 4.00. The zero-order valence-corrected chi connectivity index (χ0v) is 11.2. The minimum Gasteiger partial charge on any atom is -0.477 e. The smallest absolute Gasteiger partial charge is 0.221 e. The molecule has 3 N–H and O–H groups in total. The molecule has 0 unspecified atom stereocenters. The van der Waals surface area contributed by atoms with Crippen molar-refractivity contribution in [3.8, 4) is 5.88 Å². The van der Waals surface area contributed by atoms with Crippen LogP contribution in [0.25, 0.3) is 0 Å². The van der Waals surface area contributed by atoms with Gasteiger partial charge in [0, 0.05) is 6.42 Å². The molecule has 5 nitrogen and oxygen atoms in total. The Balaban J connectivity index is 2.80. The predicted molar refractivity (Wildman–Crippen MR) is 73.5 cm³/mol. The maximum absolute atomic E-state index is 5.67. The normalized spacial score (nSPS) is 10.2. The maximum atomic E-state index is 5.67. The molecule has 0 bridgehead atoms. The van der Waals surface area contributed by atoms with Crippen molar-refractivity contribution in [3.63, 3.8) is 0 Å². The zero-order valence-electron chi connectivity index (χ0n) is 11.2. The number of nitrogen functional groups attached to an aromatic ring is 1. The van der Waals surface area contributed by atoms with Crippen LogP contribution in [0, 0.1) is 6.92 Å². The van der Waals surface area contributed by atoms with Gasteiger partial charge in [0.25, 0.3) is 0 Å². The first-order chi connectivity index (χ1) is 8.72. The Morgan fingerprint density at radius 1 is 1.44 bits per heavy atom. The summed E-state index contributed by atoms with van der Waals surface area (Å²) >= 11 is 0. The van der Waals surface area contributed by atoms with Gasteiger partial charge in [-0.3, -0.25) is 0 Å². The van der Waals surface area contributed by atoms with Crippen LogP contribution in [0.4, 0.5) is 5.82 Å². The number of unbranched alkanes of at least 4 members (excludes halogenated alkanes) is 1. The SMILES string of the molecule is C=CCCCOc1nc(CCC)nc(NN)c1C. The number of nitrogens with zero attached hydrogens (tertiary/aromatic N) is 2. The lowest BCUT2D eigenvalue weighted by Crippen LogP contribution is -2.14. The minimum absolute atomic E-state index is 0.616. The van der Waals surface area contributed by atoms with E-state index in [0.717, 1.165) is 37.1 Å². The fourth-order valence-corrected chi connectivity index (χ4v) is 1.55. The third-order valence-electron chi connectivity index (χ3n) is 2.55. The number of aromatic nitrogens is 2. The number of anilines is 1. The summed E-state index contributed by atoms with van der Waals surface area (Å²) in [4.78, 5) is 8.76. The van der Waals surface area contributed by atoms with Gasteiger partial charge in [0.15, 0.2) is 0 Å². The molecular weight excluding hydrogens is 228 g/mol. The Bertz CT molecular complexity index is 393. The molecule has 0 aliphatic carbocycles. The highest BCUT2D eigenvalue weighted by atomic mass is 16.5. The van der Waals surface area contributed by atoms with Crippen molar-refractivity contribution in [2.24, 2.45) is 5.84 Å². The molecule has 18 heavy (non-hydrogen) atoms. The van der Waals surface area contributed by atoms with Gasteiger partial charge in [0.2, 0.25) is 5.88 Å². The summed E-state index contributed by atoms with van der Waals surface area (Å²) in [5.74, 6) is 7.46. The highest BCUT2D eigenvalue weighted by molar-refractivity contribution is 5.47. The Morgan fingerprint density at radius 2 is 2.22 bits per heavy atom. The maximum Gasteiger partial charge on any atom is 0.221 e. The van der Waals surface area contributed by atoms with E-state index in [-0.39, 0.29) is 0 Å². The van der Waals surface area contributed by atoms with Crippen molar-refractivity contribution < 1.29 is 4.74 Å². The van der Waals surface area contributed by atoms with Crippen molar-refractivity contribution in [2.45, 2.75) is 39.5 Å². The van der Waals surface area contributed by atoms with E-state index < -0.39 is 0 Å². The molecule has 0 spiro atoms. The van der Waals surface area contributed by atoms with E-state index in [1.165, 1.54) is 0 Å². The van der Waals surface area contributed by atoms with Crippen LogP contribution in [0.5, 0.6) is 5.88 Å².